The zero-order chi connectivity index (χ0) is 17.2. The Morgan fingerprint density at radius 3 is 2.58 bits per heavy atom. The lowest BCUT2D eigenvalue weighted by atomic mass is 9.62. The van der Waals surface area contributed by atoms with E-state index in [1.165, 1.54) is 12.7 Å². The van der Waals surface area contributed by atoms with Crippen molar-refractivity contribution in [2.75, 3.05) is 33.8 Å². The molecule has 0 radical (unpaired) electrons. The lowest BCUT2D eigenvalue weighted by molar-refractivity contribution is -0.157. The van der Waals surface area contributed by atoms with Crippen LogP contribution in [0.2, 0.25) is 0 Å². The molecule has 2 atom stereocenters. The van der Waals surface area contributed by atoms with Crippen molar-refractivity contribution >= 4 is 11.8 Å². The summed E-state index contributed by atoms with van der Waals surface area (Å²) >= 11 is 0. The Morgan fingerprint density at radius 2 is 1.96 bits per heavy atom. The van der Waals surface area contributed by atoms with Crippen LogP contribution in [0.4, 0.5) is 0 Å². The monoisotopic (exact) mass is 330 g/mol. The first-order valence-electron chi connectivity index (χ1n) is 8.65. The van der Waals surface area contributed by atoms with E-state index in [0.717, 1.165) is 32.4 Å². The summed E-state index contributed by atoms with van der Waals surface area (Å²) in [6.45, 7) is 2.14. The van der Waals surface area contributed by atoms with Crippen molar-refractivity contribution in [1.29, 1.82) is 0 Å². The van der Waals surface area contributed by atoms with Gasteiger partial charge >= 0.3 is 5.97 Å². The van der Waals surface area contributed by atoms with Gasteiger partial charge in [-0.2, -0.15) is 0 Å². The van der Waals surface area contributed by atoms with Crippen molar-refractivity contribution in [3.63, 3.8) is 0 Å². The first-order chi connectivity index (χ1) is 11.6. The second-order valence-corrected chi connectivity index (χ2v) is 7.05. The minimum atomic E-state index is -0.676. The van der Waals surface area contributed by atoms with E-state index in [0.29, 0.717) is 6.54 Å². The van der Waals surface area contributed by atoms with E-state index in [1.54, 1.807) is 0 Å². The first kappa shape index (κ1) is 17.1. The van der Waals surface area contributed by atoms with Gasteiger partial charge in [0, 0.05) is 18.0 Å². The van der Waals surface area contributed by atoms with E-state index in [9.17, 15) is 9.59 Å². The molecule has 0 aliphatic carbocycles. The molecule has 1 aromatic rings. The molecule has 0 amide bonds. The molecule has 2 heterocycles. The molecule has 0 aromatic heterocycles. The molecule has 3 rings (SSSR count). The van der Waals surface area contributed by atoms with Crippen molar-refractivity contribution in [2.45, 2.75) is 25.3 Å². The van der Waals surface area contributed by atoms with Crippen LogP contribution in [-0.4, -0.2) is 56.5 Å². The smallest absolute Gasteiger partial charge is 0.317 e. The molecule has 0 saturated carbocycles. The predicted molar refractivity (Wildman–Crippen MR) is 91.6 cm³/mol. The third-order valence-corrected chi connectivity index (χ3v) is 5.69. The number of Topliss-reactive ketones (excluding diaryl/α,β-unsaturated/α-hetero) is 1. The fraction of sp³-hybridized carbons (Fsp3) is 0.579. The Balaban J connectivity index is 1.87. The third kappa shape index (κ3) is 3.10. The van der Waals surface area contributed by atoms with Crippen LogP contribution >= 0.6 is 0 Å². The van der Waals surface area contributed by atoms with Crippen molar-refractivity contribution in [2.24, 2.45) is 11.3 Å². The number of likely N-dealkylation sites (tertiary alicyclic amines) is 1. The average Bonchev–Trinajstić information content (AvgIpc) is 2.61. The summed E-state index contributed by atoms with van der Waals surface area (Å²) in [5.41, 5.74) is 0.747. The molecule has 2 unspecified atom stereocenters. The SMILES string of the molecule is COC(=O)C1CNC(Cc2ccccc2)C2(CCN(C)CC2)C1=O. The highest BCUT2D eigenvalue weighted by molar-refractivity contribution is 6.03. The van der Waals surface area contributed by atoms with Crippen LogP contribution in [0, 0.1) is 11.3 Å². The zero-order valence-corrected chi connectivity index (χ0v) is 14.5. The van der Waals surface area contributed by atoms with Crippen molar-refractivity contribution in [1.82, 2.24) is 10.2 Å². The summed E-state index contributed by atoms with van der Waals surface area (Å²) in [7, 11) is 3.44. The lowest BCUT2D eigenvalue weighted by Gasteiger charge is -2.49. The highest BCUT2D eigenvalue weighted by Gasteiger charge is 2.53. The second kappa shape index (κ2) is 7.03. The van der Waals surface area contributed by atoms with E-state index in [1.807, 2.05) is 18.2 Å². The van der Waals surface area contributed by atoms with Gasteiger partial charge in [0.05, 0.1) is 7.11 Å². The topological polar surface area (TPSA) is 58.6 Å². The molecule has 2 aliphatic heterocycles. The van der Waals surface area contributed by atoms with Gasteiger partial charge in [-0.3, -0.25) is 9.59 Å². The van der Waals surface area contributed by atoms with Gasteiger partial charge in [-0.05, 0) is 45.0 Å². The molecular formula is C19H26N2O3. The van der Waals surface area contributed by atoms with Gasteiger partial charge in [0.2, 0.25) is 0 Å². The highest BCUT2D eigenvalue weighted by Crippen LogP contribution is 2.41. The van der Waals surface area contributed by atoms with E-state index in [4.69, 9.17) is 4.74 Å². The normalized spacial score (nSPS) is 27.2. The molecule has 5 nitrogen and oxygen atoms in total. The fourth-order valence-corrected chi connectivity index (χ4v) is 4.13. The number of carbonyl (C=O) groups excluding carboxylic acids is 2. The Hall–Kier alpha value is -1.72. The summed E-state index contributed by atoms with van der Waals surface area (Å²) in [6, 6.07) is 10.3. The Morgan fingerprint density at radius 1 is 1.29 bits per heavy atom. The Labute approximate surface area is 143 Å². The summed E-state index contributed by atoms with van der Waals surface area (Å²) in [5.74, 6) is -1.02. The van der Waals surface area contributed by atoms with Crippen molar-refractivity contribution < 1.29 is 14.3 Å². The number of piperidine rings is 2. The molecule has 5 heteroatoms. The minimum Gasteiger partial charge on any atom is -0.468 e. The second-order valence-electron chi connectivity index (χ2n) is 7.05. The number of hydrogen-bond acceptors (Lipinski definition) is 5. The van der Waals surface area contributed by atoms with E-state index >= 15 is 0 Å². The number of benzene rings is 1. The number of ketones is 1. The summed E-state index contributed by atoms with van der Waals surface area (Å²) in [5, 5.41) is 3.50. The van der Waals surface area contributed by atoms with Crippen LogP contribution in [0.5, 0.6) is 0 Å². The van der Waals surface area contributed by atoms with Crippen LogP contribution in [-0.2, 0) is 20.7 Å². The van der Waals surface area contributed by atoms with Gasteiger partial charge in [0.1, 0.15) is 5.92 Å². The number of carbonyl (C=O) groups is 2. The number of hydrogen-bond donors (Lipinski definition) is 1. The molecule has 1 N–H and O–H groups in total. The Kier molecular flexibility index (Phi) is 5.01. The molecule has 130 valence electrons. The molecule has 2 saturated heterocycles. The van der Waals surface area contributed by atoms with Gasteiger partial charge in [-0.25, -0.2) is 0 Å². The molecule has 1 aromatic carbocycles. The molecular weight excluding hydrogens is 304 g/mol. The van der Waals surface area contributed by atoms with Gasteiger partial charge in [-0.15, -0.1) is 0 Å². The number of rotatable bonds is 3. The van der Waals surface area contributed by atoms with Crippen LogP contribution in [0.25, 0.3) is 0 Å². The summed E-state index contributed by atoms with van der Waals surface area (Å²) in [4.78, 5) is 27.5. The minimum absolute atomic E-state index is 0.0713. The first-order valence-corrected chi connectivity index (χ1v) is 8.65. The van der Waals surface area contributed by atoms with Gasteiger partial charge in [0.15, 0.2) is 5.78 Å². The molecule has 24 heavy (non-hydrogen) atoms. The predicted octanol–water partition coefficient (Wildman–Crippen LogP) is 1.27. The van der Waals surface area contributed by atoms with Gasteiger partial charge in [-0.1, -0.05) is 30.3 Å². The number of methoxy groups -OCH3 is 1. The molecule has 0 bridgehead atoms. The largest absolute Gasteiger partial charge is 0.468 e. The molecule has 2 fully saturated rings. The van der Waals surface area contributed by atoms with Gasteiger partial charge < -0.3 is 15.0 Å². The van der Waals surface area contributed by atoms with Crippen LogP contribution in [0.1, 0.15) is 18.4 Å². The maximum absolute atomic E-state index is 13.3. The standard InChI is InChI=1S/C19H26N2O3/c1-21-10-8-19(9-11-21)16(12-14-6-4-3-5-7-14)20-13-15(17(19)22)18(23)24-2/h3-7,15-16,20H,8-13H2,1-2H3. The molecule has 2 aliphatic rings. The fourth-order valence-electron chi connectivity index (χ4n) is 4.13. The summed E-state index contributed by atoms with van der Waals surface area (Å²) in [6.07, 6.45) is 2.39. The number of nitrogens with one attached hydrogen (secondary N) is 1. The third-order valence-electron chi connectivity index (χ3n) is 5.69. The van der Waals surface area contributed by atoms with Crippen LogP contribution < -0.4 is 5.32 Å². The van der Waals surface area contributed by atoms with Crippen molar-refractivity contribution in [3.05, 3.63) is 35.9 Å². The van der Waals surface area contributed by atoms with E-state index in [-0.39, 0.29) is 11.8 Å². The maximum atomic E-state index is 13.3. The average molecular weight is 330 g/mol. The number of ether oxygens (including phenoxy) is 1. The van der Waals surface area contributed by atoms with Crippen LogP contribution in [0.3, 0.4) is 0 Å². The number of nitrogens with zero attached hydrogens (tertiary/aromatic N) is 1. The highest BCUT2D eigenvalue weighted by atomic mass is 16.5. The van der Waals surface area contributed by atoms with E-state index in [2.05, 4.69) is 29.4 Å². The quantitative estimate of drug-likeness (QED) is 0.668. The maximum Gasteiger partial charge on any atom is 0.317 e. The van der Waals surface area contributed by atoms with E-state index < -0.39 is 17.3 Å². The summed E-state index contributed by atoms with van der Waals surface area (Å²) < 4.78 is 4.86. The zero-order valence-electron chi connectivity index (χ0n) is 14.5. The molecule has 1 spiro atoms. The number of esters is 1. The lowest BCUT2D eigenvalue weighted by Crippen LogP contribution is -2.64. The van der Waals surface area contributed by atoms with Crippen LogP contribution in [0.15, 0.2) is 30.3 Å². The van der Waals surface area contributed by atoms with Gasteiger partial charge in [0.25, 0.3) is 0 Å². The Bertz CT molecular complexity index is 594. The van der Waals surface area contributed by atoms with Crippen molar-refractivity contribution in [3.8, 4) is 0 Å².